The van der Waals surface area contributed by atoms with Gasteiger partial charge in [-0.3, -0.25) is 9.00 Å². The van der Waals surface area contributed by atoms with Crippen LogP contribution < -0.4 is 14.8 Å². The number of benzene rings is 2. The van der Waals surface area contributed by atoms with Crippen molar-refractivity contribution in [3.63, 3.8) is 0 Å². The first-order valence-electron chi connectivity index (χ1n) is 6.28. The molecule has 0 spiro atoms. The fourth-order valence-corrected chi connectivity index (χ4v) is 2.49. The van der Waals surface area contributed by atoms with Gasteiger partial charge in [-0.2, -0.15) is 0 Å². The lowest BCUT2D eigenvalue weighted by Crippen LogP contribution is -2.11. The zero-order valence-corrected chi connectivity index (χ0v) is 12.1. The first-order valence-corrected chi connectivity index (χ1v) is 7.84. The summed E-state index contributed by atoms with van der Waals surface area (Å²) in [6.07, 6.45) is 1.60. The number of amides is 1. The van der Waals surface area contributed by atoms with Gasteiger partial charge in [0.1, 0.15) is 0 Å². The molecule has 1 heterocycles. The van der Waals surface area contributed by atoms with Crippen LogP contribution in [0.1, 0.15) is 10.4 Å². The van der Waals surface area contributed by atoms with E-state index in [0.717, 1.165) is 0 Å². The summed E-state index contributed by atoms with van der Waals surface area (Å²) in [7, 11) is -1.05. The first kappa shape index (κ1) is 13.6. The Bertz CT molecular complexity index is 712. The molecule has 0 aliphatic carbocycles. The largest absolute Gasteiger partial charge is 0.454 e. The molecule has 6 heteroatoms. The second kappa shape index (κ2) is 5.57. The van der Waals surface area contributed by atoms with Crippen LogP contribution in [-0.4, -0.2) is 23.2 Å². The summed E-state index contributed by atoms with van der Waals surface area (Å²) in [5.41, 5.74) is 1.13. The second-order valence-electron chi connectivity index (χ2n) is 4.50. The van der Waals surface area contributed by atoms with E-state index in [9.17, 15) is 9.00 Å². The van der Waals surface area contributed by atoms with Gasteiger partial charge in [-0.25, -0.2) is 0 Å². The fourth-order valence-electron chi connectivity index (χ4n) is 1.98. The molecule has 0 saturated carbocycles. The number of ether oxygens (including phenoxy) is 2. The van der Waals surface area contributed by atoms with Gasteiger partial charge in [-0.05, 0) is 36.4 Å². The van der Waals surface area contributed by atoms with Crippen LogP contribution in [0, 0.1) is 0 Å². The maximum Gasteiger partial charge on any atom is 0.255 e. The van der Waals surface area contributed by atoms with Crippen molar-refractivity contribution in [3.05, 3.63) is 48.0 Å². The van der Waals surface area contributed by atoms with E-state index in [0.29, 0.717) is 27.6 Å². The number of hydrogen-bond acceptors (Lipinski definition) is 4. The molecule has 0 aromatic heterocycles. The lowest BCUT2D eigenvalue weighted by atomic mass is 10.2. The van der Waals surface area contributed by atoms with E-state index in [1.54, 1.807) is 48.7 Å². The third-order valence-corrected chi connectivity index (χ3v) is 4.01. The maximum absolute atomic E-state index is 12.1. The van der Waals surface area contributed by atoms with Crippen LogP contribution >= 0.6 is 0 Å². The van der Waals surface area contributed by atoms with Crippen molar-refractivity contribution < 1.29 is 18.5 Å². The Kier molecular flexibility index (Phi) is 3.62. The van der Waals surface area contributed by atoms with Crippen molar-refractivity contribution in [1.29, 1.82) is 0 Å². The molecule has 0 radical (unpaired) electrons. The number of nitrogens with one attached hydrogen (secondary N) is 1. The number of fused-ring (bicyclic) bond motifs is 1. The molecule has 1 aliphatic heterocycles. The highest BCUT2D eigenvalue weighted by molar-refractivity contribution is 7.84. The van der Waals surface area contributed by atoms with E-state index in [4.69, 9.17) is 9.47 Å². The molecular weight excluding hydrogens is 290 g/mol. The third kappa shape index (κ3) is 2.90. The third-order valence-electron chi connectivity index (χ3n) is 3.08. The van der Waals surface area contributed by atoms with Gasteiger partial charge in [-0.15, -0.1) is 0 Å². The Morgan fingerprint density at radius 1 is 1.10 bits per heavy atom. The van der Waals surface area contributed by atoms with E-state index in [2.05, 4.69) is 5.32 Å². The normalized spacial score (nSPS) is 13.8. The van der Waals surface area contributed by atoms with Gasteiger partial charge in [0.25, 0.3) is 5.91 Å². The molecule has 1 N–H and O–H groups in total. The highest BCUT2D eigenvalue weighted by atomic mass is 32.2. The minimum Gasteiger partial charge on any atom is -0.454 e. The van der Waals surface area contributed by atoms with Crippen molar-refractivity contribution in [1.82, 2.24) is 0 Å². The smallest absolute Gasteiger partial charge is 0.255 e. The van der Waals surface area contributed by atoms with Gasteiger partial charge in [0.05, 0.1) is 0 Å². The quantitative estimate of drug-likeness (QED) is 0.945. The van der Waals surface area contributed by atoms with Crippen molar-refractivity contribution >= 4 is 22.4 Å². The zero-order valence-electron chi connectivity index (χ0n) is 11.3. The molecule has 3 rings (SSSR count). The molecule has 1 aliphatic rings. The summed E-state index contributed by atoms with van der Waals surface area (Å²) in [6, 6.07) is 11.9. The average molecular weight is 303 g/mol. The molecule has 0 unspecified atom stereocenters. The van der Waals surface area contributed by atoms with E-state index in [-0.39, 0.29) is 12.7 Å². The van der Waals surface area contributed by atoms with E-state index in [1.807, 2.05) is 0 Å². The van der Waals surface area contributed by atoms with Crippen molar-refractivity contribution in [3.8, 4) is 11.5 Å². The van der Waals surface area contributed by atoms with E-state index in [1.165, 1.54) is 0 Å². The number of carbonyl (C=O) groups excluding carboxylic acids is 1. The highest BCUT2D eigenvalue weighted by Crippen LogP contribution is 2.34. The number of anilines is 1. The Hall–Kier alpha value is -2.34. The van der Waals surface area contributed by atoms with Crippen LogP contribution in [0.15, 0.2) is 47.4 Å². The Morgan fingerprint density at radius 2 is 1.81 bits per heavy atom. The summed E-state index contributed by atoms with van der Waals surface area (Å²) in [5, 5.41) is 2.79. The molecular formula is C15H13NO4S. The summed E-state index contributed by atoms with van der Waals surface area (Å²) in [6.45, 7) is 0.197. The topological polar surface area (TPSA) is 64.6 Å². The molecule has 0 saturated heterocycles. The molecule has 2 aromatic rings. The van der Waals surface area contributed by atoms with Crippen LogP contribution in [0.3, 0.4) is 0 Å². The predicted molar refractivity (Wildman–Crippen MR) is 79.3 cm³/mol. The number of carbonyl (C=O) groups is 1. The first-order chi connectivity index (χ1) is 10.1. The standard InChI is InChI=1S/C15H13NO4S/c1-21(18)12-5-2-10(3-6-12)15(17)16-11-4-7-13-14(8-11)20-9-19-13/h2-8H,9H2,1H3,(H,16,17)/t21-/m1/s1. The number of rotatable bonds is 3. The average Bonchev–Trinajstić information content (AvgIpc) is 2.95. The number of hydrogen-bond donors (Lipinski definition) is 1. The predicted octanol–water partition coefficient (Wildman–Crippen LogP) is 2.41. The minimum absolute atomic E-state index is 0.197. The molecule has 5 nitrogen and oxygen atoms in total. The van der Waals surface area contributed by atoms with Crippen molar-refractivity contribution in [2.45, 2.75) is 4.90 Å². The SMILES string of the molecule is C[S@@](=O)c1ccc(C(=O)Nc2ccc3c(c2)OCO3)cc1. The van der Waals surface area contributed by atoms with Crippen LogP contribution in [0.25, 0.3) is 0 Å². The lowest BCUT2D eigenvalue weighted by molar-refractivity contribution is 0.102. The molecule has 21 heavy (non-hydrogen) atoms. The molecule has 0 bridgehead atoms. The molecule has 2 aromatic carbocycles. The minimum atomic E-state index is -1.05. The summed E-state index contributed by atoms with van der Waals surface area (Å²) in [4.78, 5) is 12.8. The van der Waals surface area contributed by atoms with Crippen molar-refractivity contribution in [2.24, 2.45) is 0 Å². The van der Waals surface area contributed by atoms with Crippen LogP contribution in [0.4, 0.5) is 5.69 Å². The summed E-state index contributed by atoms with van der Waals surface area (Å²) < 4.78 is 21.8. The van der Waals surface area contributed by atoms with Gasteiger partial charge < -0.3 is 14.8 Å². The molecule has 1 atom stereocenters. The van der Waals surface area contributed by atoms with Crippen LogP contribution in [-0.2, 0) is 10.8 Å². The molecule has 0 fully saturated rings. The Labute approximate surface area is 124 Å². The Morgan fingerprint density at radius 3 is 2.52 bits per heavy atom. The van der Waals surface area contributed by atoms with Gasteiger partial charge in [0.2, 0.25) is 6.79 Å². The van der Waals surface area contributed by atoms with E-state index < -0.39 is 10.8 Å². The lowest BCUT2D eigenvalue weighted by Gasteiger charge is -2.06. The maximum atomic E-state index is 12.1. The Balaban J connectivity index is 1.75. The molecule has 1 amide bonds. The van der Waals surface area contributed by atoms with E-state index >= 15 is 0 Å². The van der Waals surface area contributed by atoms with Gasteiger partial charge in [0, 0.05) is 39.3 Å². The van der Waals surface area contributed by atoms with Gasteiger partial charge >= 0.3 is 0 Å². The molecule has 108 valence electrons. The van der Waals surface area contributed by atoms with Gasteiger partial charge in [-0.1, -0.05) is 0 Å². The fraction of sp³-hybridized carbons (Fsp3) is 0.133. The summed E-state index contributed by atoms with van der Waals surface area (Å²) >= 11 is 0. The summed E-state index contributed by atoms with van der Waals surface area (Å²) in [5.74, 6) is 1.05. The monoisotopic (exact) mass is 303 g/mol. The van der Waals surface area contributed by atoms with Crippen molar-refractivity contribution in [2.75, 3.05) is 18.4 Å². The van der Waals surface area contributed by atoms with Crippen LogP contribution in [0.2, 0.25) is 0 Å². The zero-order chi connectivity index (χ0) is 14.8. The second-order valence-corrected chi connectivity index (χ2v) is 5.88. The van der Waals surface area contributed by atoms with Gasteiger partial charge in [0.15, 0.2) is 11.5 Å². The van der Waals surface area contributed by atoms with Crippen LogP contribution in [0.5, 0.6) is 11.5 Å². The highest BCUT2D eigenvalue weighted by Gasteiger charge is 2.14.